The number of fused-ring (bicyclic) bond motifs is 4. The van der Waals surface area contributed by atoms with Crippen LogP contribution in [0.25, 0.3) is 22.3 Å². The van der Waals surface area contributed by atoms with E-state index in [1.165, 1.54) is 12.1 Å². The summed E-state index contributed by atoms with van der Waals surface area (Å²) in [6, 6.07) is 43.5. The SMILES string of the molecule is Cc1c(N2c3ccccc3Sc3ccccc32)c(-c2cccc(C(F)(F)F)c2)cc(-c2cccc(C(F)(F)F)c2)c1N1c2ccccc2Sc2ccccc21. The van der Waals surface area contributed by atoms with E-state index in [4.69, 9.17) is 0 Å². The predicted molar refractivity (Wildman–Crippen MR) is 210 cm³/mol. The van der Waals surface area contributed by atoms with Crippen LogP contribution in [0.4, 0.5) is 60.5 Å². The first-order chi connectivity index (χ1) is 26.5. The summed E-state index contributed by atoms with van der Waals surface area (Å²) < 4.78 is 86.2. The number of hydrogen-bond acceptors (Lipinski definition) is 4. The third-order valence-corrected chi connectivity index (χ3v) is 12.1. The molecule has 0 atom stereocenters. The maximum atomic E-state index is 14.4. The maximum Gasteiger partial charge on any atom is 0.416 e. The lowest BCUT2D eigenvalue weighted by atomic mass is 9.89. The van der Waals surface area contributed by atoms with Gasteiger partial charge in [0.2, 0.25) is 0 Å². The van der Waals surface area contributed by atoms with Crippen LogP contribution in [0.1, 0.15) is 16.7 Å². The number of alkyl halides is 6. The molecule has 272 valence electrons. The van der Waals surface area contributed by atoms with Gasteiger partial charge in [-0.15, -0.1) is 0 Å². The van der Waals surface area contributed by atoms with E-state index in [1.54, 1.807) is 41.7 Å². The van der Waals surface area contributed by atoms with Gasteiger partial charge in [-0.05, 0) is 102 Å². The van der Waals surface area contributed by atoms with Crippen molar-refractivity contribution in [2.45, 2.75) is 38.9 Å². The third kappa shape index (κ3) is 6.13. The van der Waals surface area contributed by atoms with Crippen LogP contribution >= 0.6 is 23.5 Å². The first-order valence-corrected chi connectivity index (χ1v) is 19.0. The second-order valence-corrected chi connectivity index (χ2v) is 15.4. The summed E-state index contributed by atoms with van der Waals surface area (Å²) in [6.45, 7) is 1.92. The van der Waals surface area contributed by atoms with Crippen LogP contribution in [0.5, 0.6) is 0 Å². The van der Waals surface area contributed by atoms with Crippen molar-refractivity contribution < 1.29 is 26.3 Å². The number of rotatable bonds is 4. The minimum Gasteiger partial charge on any atom is -0.307 e. The van der Waals surface area contributed by atoms with Gasteiger partial charge in [-0.3, -0.25) is 0 Å². The Hall–Kier alpha value is -5.58. The maximum absolute atomic E-state index is 14.4. The second-order valence-electron chi connectivity index (χ2n) is 13.2. The third-order valence-electron chi connectivity index (χ3n) is 9.82. The van der Waals surface area contributed by atoms with Crippen molar-refractivity contribution in [3.05, 3.63) is 168 Å². The molecule has 7 aromatic carbocycles. The molecule has 2 aliphatic heterocycles. The Morgan fingerprint density at radius 1 is 0.400 bits per heavy atom. The zero-order valence-corrected chi connectivity index (χ0v) is 30.5. The van der Waals surface area contributed by atoms with Crippen LogP contribution in [-0.4, -0.2) is 0 Å². The van der Waals surface area contributed by atoms with Gasteiger partial charge < -0.3 is 9.80 Å². The van der Waals surface area contributed by atoms with E-state index >= 15 is 0 Å². The Morgan fingerprint density at radius 3 is 1.05 bits per heavy atom. The Morgan fingerprint density at radius 2 is 0.727 bits per heavy atom. The van der Waals surface area contributed by atoms with Crippen molar-refractivity contribution in [1.29, 1.82) is 0 Å². The van der Waals surface area contributed by atoms with E-state index in [1.807, 2.05) is 104 Å². The zero-order valence-electron chi connectivity index (χ0n) is 28.9. The molecule has 0 aliphatic carbocycles. The fourth-order valence-electron chi connectivity index (χ4n) is 7.43. The first kappa shape index (κ1) is 35.1. The van der Waals surface area contributed by atoms with Gasteiger partial charge in [0.1, 0.15) is 0 Å². The fraction of sp³-hybridized carbons (Fsp3) is 0.0667. The summed E-state index contributed by atoms with van der Waals surface area (Å²) in [7, 11) is 0. The van der Waals surface area contributed by atoms with Crippen LogP contribution in [-0.2, 0) is 12.4 Å². The molecule has 0 aromatic heterocycles. The molecule has 2 aliphatic rings. The number of anilines is 6. The molecule has 0 amide bonds. The highest BCUT2D eigenvalue weighted by Crippen LogP contribution is 2.60. The van der Waals surface area contributed by atoms with E-state index in [0.29, 0.717) is 28.1 Å². The van der Waals surface area contributed by atoms with Crippen molar-refractivity contribution >= 4 is 57.6 Å². The van der Waals surface area contributed by atoms with Crippen molar-refractivity contribution in [3.8, 4) is 22.3 Å². The predicted octanol–water partition coefficient (Wildman–Crippen LogP) is 15.2. The molecule has 10 heteroatoms. The van der Waals surface area contributed by atoms with Gasteiger partial charge in [-0.25, -0.2) is 0 Å². The molecule has 0 radical (unpaired) electrons. The van der Waals surface area contributed by atoms with E-state index in [9.17, 15) is 26.3 Å². The average Bonchev–Trinajstić information content (AvgIpc) is 3.18. The summed E-state index contributed by atoms with van der Waals surface area (Å²) in [5.41, 5.74) is 4.96. The van der Waals surface area contributed by atoms with Crippen molar-refractivity contribution in [2.75, 3.05) is 9.80 Å². The summed E-state index contributed by atoms with van der Waals surface area (Å²) in [4.78, 5) is 7.96. The summed E-state index contributed by atoms with van der Waals surface area (Å²) in [6.07, 6.45) is -9.26. The highest BCUT2D eigenvalue weighted by atomic mass is 32.2. The average molecular weight is 775 g/mol. The van der Waals surface area contributed by atoms with Crippen LogP contribution in [0.3, 0.4) is 0 Å². The molecule has 0 N–H and O–H groups in total. The fourth-order valence-corrected chi connectivity index (χ4v) is 9.55. The van der Waals surface area contributed by atoms with Crippen LogP contribution < -0.4 is 9.80 Å². The Labute approximate surface area is 322 Å². The second kappa shape index (κ2) is 13.3. The molecule has 9 rings (SSSR count). The molecule has 7 aromatic rings. The highest BCUT2D eigenvalue weighted by Gasteiger charge is 2.36. The molecule has 0 fully saturated rings. The van der Waals surface area contributed by atoms with Gasteiger partial charge in [-0.1, -0.05) is 96.3 Å². The number of halogens is 6. The molecule has 0 spiro atoms. The summed E-state index contributed by atoms with van der Waals surface area (Å²) >= 11 is 3.20. The normalized spacial score (nSPS) is 13.5. The van der Waals surface area contributed by atoms with Crippen LogP contribution in [0, 0.1) is 6.92 Å². The quantitative estimate of drug-likeness (QED) is 0.164. The molecule has 2 heterocycles. The smallest absolute Gasteiger partial charge is 0.307 e. The van der Waals surface area contributed by atoms with Crippen molar-refractivity contribution in [1.82, 2.24) is 0 Å². The Bertz CT molecular complexity index is 2370. The van der Waals surface area contributed by atoms with Gasteiger partial charge in [0.05, 0.1) is 45.3 Å². The van der Waals surface area contributed by atoms with Gasteiger partial charge >= 0.3 is 12.4 Å². The molecule has 2 nitrogen and oxygen atoms in total. The lowest BCUT2D eigenvalue weighted by molar-refractivity contribution is -0.138. The van der Waals surface area contributed by atoms with Gasteiger partial charge in [0, 0.05) is 30.7 Å². The van der Waals surface area contributed by atoms with E-state index < -0.39 is 23.5 Å². The minimum absolute atomic E-state index is 0.274. The number of nitrogens with zero attached hydrogens (tertiary/aromatic N) is 2. The summed E-state index contributed by atoms with van der Waals surface area (Å²) in [5, 5.41) is 0. The molecule has 0 saturated carbocycles. The van der Waals surface area contributed by atoms with E-state index in [2.05, 4.69) is 9.80 Å². The van der Waals surface area contributed by atoms with E-state index in [-0.39, 0.29) is 11.1 Å². The zero-order chi connectivity index (χ0) is 38.1. The molecule has 0 unspecified atom stereocenters. The van der Waals surface area contributed by atoms with Crippen LogP contribution in [0.2, 0.25) is 0 Å². The number of benzene rings is 7. The van der Waals surface area contributed by atoms with Gasteiger partial charge in [0.25, 0.3) is 0 Å². The lowest BCUT2D eigenvalue weighted by Gasteiger charge is -2.39. The molecular formula is C45H28F6N2S2. The largest absolute Gasteiger partial charge is 0.416 e. The molecule has 0 saturated heterocycles. The molecule has 55 heavy (non-hydrogen) atoms. The van der Waals surface area contributed by atoms with Crippen molar-refractivity contribution in [3.63, 3.8) is 0 Å². The topological polar surface area (TPSA) is 6.48 Å². The standard InChI is InChI=1S/C45H28F6N2S2/c1-27-42(52-34-16-2-6-20-38(34)54-39-21-7-3-17-35(39)52)32(28-12-10-14-30(24-28)44(46,47)48)26-33(29-13-11-15-31(25-29)45(49,50)51)43(27)53-36-18-4-8-22-40(36)55-41-23-9-5-19-37(41)53/h2-26H,1H3. The van der Waals surface area contributed by atoms with Crippen LogP contribution in [0.15, 0.2) is 171 Å². The molecular weight excluding hydrogens is 747 g/mol. The Kier molecular flexibility index (Phi) is 8.51. The van der Waals surface area contributed by atoms with E-state index in [0.717, 1.165) is 66.6 Å². The lowest BCUT2D eigenvalue weighted by Crippen LogP contribution is -2.21. The minimum atomic E-state index is -4.63. The highest BCUT2D eigenvalue weighted by molar-refractivity contribution is 8.00. The number of para-hydroxylation sites is 4. The Balaban J connectivity index is 1.46. The molecule has 0 bridgehead atoms. The van der Waals surface area contributed by atoms with Gasteiger partial charge in [-0.2, -0.15) is 26.3 Å². The van der Waals surface area contributed by atoms with Crippen molar-refractivity contribution in [2.24, 2.45) is 0 Å². The first-order valence-electron chi connectivity index (χ1n) is 17.3. The summed E-state index contributed by atoms with van der Waals surface area (Å²) in [5.74, 6) is 0. The monoisotopic (exact) mass is 774 g/mol. The number of hydrogen-bond donors (Lipinski definition) is 0. The van der Waals surface area contributed by atoms with Gasteiger partial charge in [0.15, 0.2) is 0 Å².